The quantitative estimate of drug-likeness (QED) is 0.813. The Hall–Kier alpha value is -1.10. The van der Waals surface area contributed by atoms with E-state index in [2.05, 4.69) is 33.0 Å². The van der Waals surface area contributed by atoms with Crippen molar-refractivity contribution in [2.75, 3.05) is 26.8 Å². The zero-order valence-electron chi connectivity index (χ0n) is 15.2. The molecule has 0 aromatic heterocycles. The van der Waals surface area contributed by atoms with Crippen LogP contribution >= 0.6 is 0 Å². The Morgan fingerprint density at radius 3 is 2.70 bits per heavy atom. The molecular formula is C18H32N2O3. The number of likely N-dealkylation sites (tertiary alicyclic amines) is 1. The predicted molar refractivity (Wildman–Crippen MR) is 89.8 cm³/mol. The van der Waals surface area contributed by atoms with Crippen LogP contribution in [0.3, 0.4) is 0 Å². The second kappa shape index (κ2) is 7.20. The van der Waals surface area contributed by atoms with Crippen LogP contribution in [0.4, 0.5) is 0 Å². The van der Waals surface area contributed by atoms with Crippen LogP contribution in [0.5, 0.6) is 0 Å². The molecule has 23 heavy (non-hydrogen) atoms. The number of carbonyl (C=O) groups is 2. The standard InChI is InChI=1S/C18H32N2O3/c1-12-8-15-13(9-17(22)20(15)6-7-23-5)14(12)11-19-16(21)10-18(2,3)4/h12-15H,6-11H2,1-5H3,(H,19,21)/t12-,13-,14+,15+/m0/s1. The second-order valence-corrected chi connectivity index (χ2v) is 8.43. The average Bonchev–Trinajstić information content (AvgIpc) is 2.87. The highest BCUT2D eigenvalue weighted by Gasteiger charge is 2.50. The Balaban J connectivity index is 1.91. The molecule has 0 radical (unpaired) electrons. The number of fused-ring (bicyclic) bond motifs is 1. The van der Waals surface area contributed by atoms with Gasteiger partial charge in [-0.3, -0.25) is 9.59 Å². The van der Waals surface area contributed by atoms with E-state index in [1.807, 2.05) is 4.90 Å². The van der Waals surface area contributed by atoms with E-state index in [1.54, 1.807) is 7.11 Å². The number of nitrogens with zero attached hydrogens (tertiary/aromatic N) is 1. The minimum absolute atomic E-state index is 0.00812. The van der Waals surface area contributed by atoms with Crippen molar-refractivity contribution < 1.29 is 14.3 Å². The van der Waals surface area contributed by atoms with Crippen LogP contribution in [0.1, 0.15) is 47.0 Å². The summed E-state index contributed by atoms with van der Waals surface area (Å²) in [6.07, 6.45) is 2.21. The van der Waals surface area contributed by atoms with Gasteiger partial charge in [-0.25, -0.2) is 0 Å². The third kappa shape index (κ3) is 4.46. The molecular weight excluding hydrogens is 292 g/mol. The summed E-state index contributed by atoms with van der Waals surface area (Å²) in [5.41, 5.74) is 0.00812. The SMILES string of the molecule is COCCN1C(=O)C[C@H]2[C@H](CNC(=O)CC(C)(C)C)[C@@H](C)C[C@H]21. The van der Waals surface area contributed by atoms with Crippen LogP contribution in [0.15, 0.2) is 0 Å². The van der Waals surface area contributed by atoms with Crippen molar-refractivity contribution in [3.63, 3.8) is 0 Å². The highest BCUT2D eigenvalue weighted by Crippen LogP contribution is 2.45. The van der Waals surface area contributed by atoms with E-state index >= 15 is 0 Å². The molecule has 0 spiro atoms. The Bertz CT molecular complexity index is 444. The Morgan fingerprint density at radius 2 is 2.09 bits per heavy atom. The number of hydrogen-bond acceptors (Lipinski definition) is 3. The van der Waals surface area contributed by atoms with Crippen LogP contribution in [-0.4, -0.2) is 49.6 Å². The minimum Gasteiger partial charge on any atom is -0.383 e. The molecule has 2 rings (SSSR count). The topological polar surface area (TPSA) is 58.6 Å². The molecule has 5 nitrogen and oxygen atoms in total. The van der Waals surface area contributed by atoms with Crippen molar-refractivity contribution in [1.82, 2.24) is 10.2 Å². The maximum absolute atomic E-state index is 12.3. The van der Waals surface area contributed by atoms with Gasteiger partial charge in [0.2, 0.25) is 11.8 Å². The van der Waals surface area contributed by atoms with Crippen molar-refractivity contribution >= 4 is 11.8 Å². The lowest BCUT2D eigenvalue weighted by atomic mass is 9.88. The largest absolute Gasteiger partial charge is 0.383 e. The summed E-state index contributed by atoms with van der Waals surface area (Å²) in [6, 6.07) is 0.331. The minimum atomic E-state index is 0.00812. The van der Waals surface area contributed by atoms with Crippen molar-refractivity contribution in [1.29, 1.82) is 0 Å². The molecule has 1 aliphatic carbocycles. The van der Waals surface area contributed by atoms with Gasteiger partial charge in [0.25, 0.3) is 0 Å². The number of rotatable bonds is 6. The molecule has 1 saturated heterocycles. The predicted octanol–water partition coefficient (Wildman–Crippen LogP) is 2.06. The number of ether oxygens (including phenoxy) is 1. The van der Waals surface area contributed by atoms with E-state index in [-0.39, 0.29) is 17.2 Å². The summed E-state index contributed by atoms with van der Waals surface area (Å²) in [4.78, 5) is 26.3. The zero-order valence-corrected chi connectivity index (χ0v) is 15.2. The first-order valence-corrected chi connectivity index (χ1v) is 8.78. The first kappa shape index (κ1) is 18.2. The maximum Gasteiger partial charge on any atom is 0.223 e. The second-order valence-electron chi connectivity index (χ2n) is 8.43. The van der Waals surface area contributed by atoms with Crippen LogP contribution in [0.25, 0.3) is 0 Å². The summed E-state index contributed by atoms with van der Waals surface area (Å²) in [7, 11) is 1.67. The highest BCUT2D eigenvalue weighted by molar-refractivity contribution is 5.80. The molecule has 0 aromatic carbocycles. The van der Waals surface area contributed by atoms with Crippen LogP contribution in [0.2, 0.25) is 0 Å². The molecule has 2 fully saturated rings. The van der Waals surface area contributed by atoms with Gasteiger partial charge in [-0.2, -0.15) is 0 Å². The normalized spacial score (nSPS) is 30.7. The van der Waals surface area contributed by atoms with Gasteiger partial charge in [0.1, 0.15) is 0 Å². The van der Waals surface area contributed by atoms with E-state index in [0.29, 0.717) is 56.3 Å². The third-order valence-corrected chi connectivity index (χ3v) is 5.28. The molecule has 132 valence electrons. The number of carbonyl (C=O) groups excluding carboxylic acids is 2. The van der Waals surface area contributed by atoms with Gasteiger partial charge < -0.3 is 15.0 Å². The van der Waals surface area contributed by atoms with Crippen molar-refractivity contribution in [3.8, 4) is 0 Å². The van der Waals surface area contributed by atoms with E-state index in [4.69, 9.17) is 4.74 Å². The molecule has 1 saturated carbocycles. The maximum atomic E-state index is 12.3. The fraction of sp³-hybridized carbons (Fsp3) is 0.889. The number of hydrogen-bond donors (Lipinski definition) is 1. The Morgan fingerprint density at radius 1 is 1.39 bits per heavy atom. The van der Waals surface area contributed by atoms with Crippen LogP contribution in [-0.2, 0) is 14.3 Å². The molecule has 2 aliphatic rings. The van der Waals surface area contributed by atoms with Gasteiger partial charge >= 0.3 is 0 Å². The zero-order chi connectivity index (χ0) is 17.2. The summed E-state index contributed by atoms with van der Waals surface area (Å²) in [5.74, 6) is 1.69. The molecule has 1 aliphatic heterocycles. The smallest absolute Gasteiger partial charge is 0.223 e. The van der Waals surface area contributed by atoms with Gasteiger partial charge in [0.15, 0.2) is 0 Å². The van der Waals surface area contributed by atoms with Gasteiger partial charge in [-0.1, -0.05) is 27.7 Å². The fourth-order valence-corrected chi connectivity index (χ4v) is 4.20. The van der Waals surface area contributed by atoms with Crippen molar-refractivity contribution in [3.05, 3.63) is 0 Å². The molecule has 2 amide bonds. The molecule has 0 aromatic rings. The fourth-order valence-electron chi connectivity index (χ4n) is 4.20. The van der Waals surface area contributed by atoms with E-state index < -0.39 is 0 Å². The van der Waals surface area contributed by atoms with Crippen molar-refractivity contribution in [2.45, 2.75) is 53.0 Å². The Kier molecular flexibility index (Phi) is 5.71. The third-order valence-electron chi connectivity index (χ3n) is 5.28. The number of nitrogens with one attached hydrogen (secondary N) is 1. The lowest BCUT2D eigenvalue weighted by Crippen LogP contribution is -2.37. The van der Waals surface area contributed by atoms with E-state index in [1.165, 1.54) is 0 Å². The molecule has 1 N–H and O–H groups in total. The van der Waals surface area contributed by atoms with Gasteiger partial charge in [-0.15, -0.1) is 0 Å². The van der Waals surface area contributed by atoms with E-state index in [9.17, 15) is 9.59 Å². The van der Waals surface area contributed by atoms with Crippen molar-refractivity contribution in [2.24, 2.45) is 23.2 Å². The average molecular weight is 324 g/mol. The summed E-state index contributed by atoms with van der Waals surface area (Å²) in [6.45, 7) is 10.4. The molecule has 5 heteroatoms. The first-order chi connectivity index (χ1) is 10.7. The van der Waals surface area contributed by atoms with E-state index in [0.717, 1.165) is 6.42 Å². The first-order valence-electron chi connectivity index (χ1n) is 8.78. The molecule has 0 unspecified atom stereocenters. The lowest BCUT2D eigenvalue weighted by molar-refractivity contribution is -0.129. The van der Waals surface area contributed by atoms with Crippen LogP contribution < -0.4 is 5.32 Å². The lowest BCUT2D eigenvalue weighted by Gasteiger charge is -2.24. The monoisotopic (exact) mass is 324 g/mol. The molecule has 4 atom stereocenters. The summed E-state index contributed by atoms with van der Waals surface area (Å²) in [5, 5.41) is 3.10. The van der Waals surface area contributed by atoms with Crippen LogP contribution in [0, 0.1) is 23.2 Å². The highest BCUT2D eigenvalue weighted by atomic mass is 16.5. The van der Waals surface area contributed by atoms with Gasteiger partial charge in [-0.05, 0) is 29.6 Å². The Labute approximate surface area is 140 Å². The summed E-state index contributed by atoms with van der Waals surface area (Å²) >= 11 is 0. The van der Waals surface area contributed by atoms with Gasteiger partial charge in [0.05, 0.1) is 6.61 Å². The molecule has 1 heterocycles. The summed E-state index contributed by atoms with van der Waals surface area (Å²) < 4.78 is 5.13. The molecule has 0 bridgehead atoms. The number of amides is 2. The van der Waals surface area contributed by atoms with Gasteiger partial charge in [0, 0.05) is 39.1 Å². The number of methoxy groups -OCH3 is 1.